The predicted molar refractivity (Wildman–Crippen MR) is 38.3 cm³/mol. The zero-order chi connectivity index (χ0) is 8.27. The monoisotopic (exact) mass is 148 g/mol. The molecule has 3 heteroatoms. The number of rotatable bonds is 2. The van der Waals surface area contributed by atoms with E-state index in [1.165, 1.54) is 6.20 Å². The zero-order valence-electron chi connectivity index (χ0n) is 5.78. The van der Waals surface area contributed by atoms with Gasteiger partial charge in [0.15, 0.2) is 0 Å². The highest BCUT2D eigenvalue weighted by molar-refractivity contribution is 6.13. The summed E-state index contributed by atoms with van der Waals surface area (Å²) in [6.45, 7) is 3.32. The Kier molecular flexibility index (Phi) is 2.01. The van der Waals surface area contributed by atoms with Crippen LogP contribution >= 0.6 is 0 Å². The van der Waals surface area contributed by atoms with Crippen LogP contribution in [0, 0.1) is 0 Å². The minimum atomic E-state index is -1.27. The summed E-state index contributed by atoms with van der Waals surface area (Å²) in [5, 5.41) is 10.3. The highest BCUT2D eigenvalue weighted by atomic mass is 16.4. The van der Waals surface area contributed by atoms with Gasteiger partial charge in [-0.1, -0.05) is 12.6 Å². The molecule has 0 bridgehead atoms. The zero-order valence-corrected chi connectivity index (χ0v) is 5.78. The molecule has 0 unspecified atom stereocenters. The number of pyridine rings is 1. The molecule has 1 aromatic heterocycles. The summed E-state index contributed by atoms with van der Waals surface area (Å²) >= 11 is 0. The second-order valence-electron chi connectivity index (χ2n) is 2.01. The standard InChI is InChI=1S/C8H7NO2/c1-6(8(10)11)7-3-2-4-9-5-7/h2-5H,1H2,(H,10,11)/p-1. The summed E-state index contributed by atoms with van der Waals surface area (Å²) in [7, 11) is 0. The fourth-order valence-electron chi connectivity index (χ4n) is 0.659. The molecule has 0 fully saturated rings. The van der Waals surface area contributed by atoms with Gasteiger partial charge >= 0.3 is 0 Å². The largest absolute Gasteiger partial charge is 0.545 e. The molecule has 0 aliphatic rings. The first-order valence-electron chi connectivity index (χ1n) is 3.02. The fraction of sp³-hybridized carbons (Fsp3) is 0. The summed E-state index contributed by atoms with van der Waals surface area (Å²) in [5.41, 5.74) is 0.436. The molecule has 0 aliphatic heterocycles. The van der Waals surface area contributed by atoms with Gasteiger partial charge in [-0.2, -0.15) is 0 Å². The van der Waals surface area contributed by atoms with Crippen LogP contribution < -0.4 is 5.11 Å². The van der Waals surface area contributed by atoms with Gasteiger partial charge in [0.2, 0.25) is 0 Å². The average Bonchev–Trinajstić information content (AvgIpc) is 2.05. The Morgan fingerprint density at radius 2 is 2.36 bits per heavy atom. The van der Waals surface area contributed by atoms with Crippen molar-refractivity contribution in [2.75, 3.05) is 0 Å². The Hall–Kier alpha value is -1.64. The molecule has 1 heterocycles. The third-order valence-electron chi connectivity index (χ3n) is 1.26. The Morgan fingerprint density at radius 3 is 2.82 bits per heavy atom. The van der Waals surface area contributed by atoms with Crippen LogP contribution in [0.5, 0.6) is 0 Å². The van der Waals surface area contributed by atoms with Crippen LogP contribution in [0.15, 0.2) is 31.1 Å². The van der Waals surface area contributed by atoms with E-state index in [0.717, 1.165) is 0 Å². The highest BCUT2D eigenvalue weighted by Gasteiger charge is 1.96. The van der Waals surface area contributed by atoms with Crippen LogP contribution in [0.4, 0.5) is 0 Å². The SMILES string of the molecule is C=C(C(=O)[O-])c1cccnc1. The van der Waals surface area contributed by atoms with Crippen LogP contribution in [0.25, 0.3) is 5.57 Å². The quantitative estimate of drug-likeness (QED) is 0.548. The molecule has 1 rings (SSSR count). The Bertz CT molecular complexity index is 279. The smallest absolute Gasteiger partial charge is 0.0715 e. The summed E-state index contributed by atoms with van der Waals surface area (Å²) in [6.07, 6.45) is 2.99. The maximum Gasteiger partial charge on any atom is 0.0715 e. The second kappa shape index (κ2) is 2.96. The topological polar surface area (TPSA) is 53.0 Å². The molecule has 0 aromatic carbocycles. The number of hydrogen-bond acceptors (Lipinski definition) is 3. The third kappa shape index (κ3) is 1.64. The van der Waals surface area contributed by atoms with Crippen LogP contribution in [0.2, 0.25) is 0 Å². The lowest BCUT2D eigenvalue weighted by Gasteiger charge is -2.04. The lowest BCUT2D eigenvalue weighted by atomic mass is 10.1. The molecule has 0 radical (unpaired) electrons. The molecule has 0 saturated carbocycles. The molecule has 0 saturated heterocycles. The molecule has 56 valence electrons. The Morgan fingerprint density at radius 1 is 1.64 bits per heavy atom. The van der Waals surface area contributed by atoms with Gasteiger partial charge in [0.1, 0.15) is 0 Å². The first kappa shape index (κ1) is 7.47. The van der Waals surface area contributed by atoms with E-state index in [1.807, 2.05) is 0 Å². The lowest BCUT2D eigenvalue weighted by Crippen LogP contribution is -2.22. The van der Waals surface area contributed by atoms with Crippen LogP contribution in [0.1, 0.15) is 5.56 Å². The fourth-order valence-corrected chi connectivity index (χ4v) is 0.659. The molecule has 3 nitrogen and oxygen atoms in total. The molecule has 0 spiro atoms. The van der Waals surface area contributed by atoms with Gasteiger partial charge in [0.25, 0.3) is 0 Å². The number of carboxylic acid groups (broad SMARTS) is 1. The van der Waals surface area contributed by atoms with Gasteiger partial charge in [-0.25, -0.2) is 0 Å². The van der Waals surface area contributed by atoms with E-state index in [1.54, 1.807) is 18.3 Å². The van der Waals surface area contributed by atoms with Crippen molar-refractivity contribution in [3.8, 4) is 0 Å². The summed E-state index contributed by atoms with van der Waals surface area (Å²) in [4.78, 5) is 14.0. The highest BCUT2D eigenvalue weighted by Crippen LogP contribution is 2.07. The van der Waals surface area contributed by atoms with E-state index in [-0.39, 0.29) is 5.57 Å². The molecule has 0 atom stereocenters. The van der Waals surface area contributed by atoms with E-state index >= 15 is 0 Å². The molecule has 0 amide bonds. The van der Waals surface area contributed by atoms with E-state index in [0.29, 0.717) is 5.56 Å². The predicted octanol–water partition coefficient (Wildman–Crippen LogP) is -0.155. The van der Waals surface area contributed by atoms with E-state index in [9.17, 15) is 9.90 Å². The van der Waals surface area contributed by atoms with Gasteiger partial charge in [0.05, 0.1) is 5.97 Å². The number of carbonyl (C=O) groups is 1. The molecular formula is C8H6NO2-. The van der Waals surface area contributed by atoms with Crippen molar-refractivity contribution in [3.63, 3.8) is 0 Å². The average molecular weight is 148 g/mol. The first-order chi connectivity index (χ1) is 5.22. The maximum atomic E-state index is 10.3. The third-order valence-corrected chi connectivity index (χ3v) is 1.26. The maximum absolute atomic E-state index is 10.3. The van der Waals surface area contributed by atoms with Crippen molar-refractivity contribution in [2.24, 2.45) is 0 Å². The van der Waals surface area contributed by atoms with Crippen molar-refractivity contribution >= 4 is 11.5 Å². The van der Waals surface area contributed by atoms with E-state index in [2.05, 4.69) is 11.6 Å². The second-order valence-corrected chi connectivity index (χ2v) is 2.01. The normalized spacial score (nSPS) is 9.09. The molecule has 1 aromatic rings. The van der Waals surface area contributed by atoms with Crippen LogP contribution in [-0.4, -0.2) is 11.0 Å². The molecule has 0 aliphatic carbocycles. The Balaban J connectivity index is 2.95. The molecule has 0 N–H and O–H groups in total. The lowest BCUT2D eigenvalue weighted by molar-refractivity contribution is -0.295. The number of aliphatic carboxylic acids is 1. The number of carboxylic acids is 1. The minimum Gasteiger partial charge on any atom is -0.545 e. The van der Waals surface area contributed by atoms with Crippen molar-refractivity contribution in [3.05, 3.63) is 36.7 Å². The van der Waals surface area contributed by atoms with Gasteiger partial charge in [-0.15, -0.1) is 0 Å². The van der Waals surface area contributed by atoms with Gasteiger partial charge in [-0.3, -0.25) is 4.98 Å². The van der Waals surface area contributed by atoms with Crippen molar-refractivity contribution in [1.82, 2.24) is 4.98 Å². The van der Waals surface area contributed by atoms with Gasteiger partial charge in [-0.05, 0) is 11.6 Å². The summed E-state index contributed by atoms with van der Waals surface area (Å²) in [5.74, 6) is -1.27. The van der Waals surface area contributed by atoms with Crippen LogP contribution in [0.3, 0.4) is 0 Å². The number of carbonyl (C=O) groups excluding carboxylic acids is 1. The minimum absolute atomic E-state index is 0.0434. The first-order valence-corrected chi connectivity index (χ1v) is 3.02. The van der Waals surface area contributed by atoms with Crippen molar-refractivity contribution in [2.45, 2.75) is 0 Å². The molecule has 11 heavy (non-hydrogen) atoms. The van der Waals surface area contributed by atoms with Crippen molar-refractivity contribution in [1.29, 1.82) is 0 Å². The number of hydrogen-bond donors (Lipinski definition) is 0. The van der Waals surface area contributed by atoms with Gasteiger partial charge in [0, 0.05) is 18.0 Å². The number of aromatic nitrogens is 1. The van der Waals surface area contributed by atoms with E-state index < -0.39 is 5.97 Å². The van der Waals surface area contributed by atoms with Crippen molar-refractivity contribution < 1.29 is 9.90 Å². The molecular weight excluding hydrogens is 142 g/mol. The van der Waals surface area contributed by atoms with E-state index in [4.69, 9.17) is 0 Å². The van der Waals surface area contributed by atoms with Gasteiger partial charge < -0.3 is 9.90 Å². The Labute approximate surface area is 64.0 Å². The van der Waals surface area contributed by atoms with Crippen LogP contribution in [-0.2, 0) is 4.79 Å². The number of nitrogens with zero attached hydrogens (tertiary/aromatic N) is 1. The summed E-state index contributed by atoms with van der Waals surface area (Å²) in [6, 6.07) is 3.26. The summed E-state index contributed by atoms with van der Waals surface area (Å²) < 4.78 is 0.